The molecule has 1 aliphatic heterocycles. The number of benzene rings is 2. The van der Waals surface area contributed by atoms with E-state index in [0.717, 1.165) is 6.07 Å². The van der Waals surface area contributed by atoms with Gasteiger partial charge in [-0.25, -0.2) is 9.37 Å². The summed E-state index contributed by atoms with van der Waals surface area (Å²) in [6.45, 7) is 1.41. The molecule has 216 valence electrons. The van der Waals surface area contributed by atoms with E-state index in [1.54, 1.807) is 23.1 Å². The topological polar surface area (TPSA) is 116 Å². The maximum atomic E-state index is 15.0. The highest BCUT2D eigenvalue weighted by Gasteiger charge is 2.42. The first-order valence-electron chi connectivity index (χ1n) is 13.0. The van der Waals surface area contributed by atoms with Gasteiger partial charge in [0.2, 0.25) is 17.6 Å². The molecule has 1 aromatic heterocycles. The molecule has 1 saturated heterocycles. The molecule has 1 aliphatic carbocycles. The fraction of sp³-hybridized carbons (Fsp3) is 0.357. The number of carbonyl (C=O) groups is 3. The van der Waals surface area contributed by atoms with Gasteiger partial charge in [0.1, 0.15) is 5.82 Å². The Kier molecular flexibility index (Phi) is 7.70. The molecular weight excluding hydrogens is 548 g/mol. The third-order valence-electron chi connectivity index (χ3n) is 7.43. The Morgan fingerprint density at radius 1 is 0.976 bits per heavy atom. The monoisotopic (exact) mass is 574 g/mol. The number of carbonyl (C=O) groups excluding carboxylic acids is 2. The number of nitrogens with one attached hydrogen (secondary N) is 1. The molecule has 2 atom stereocenters. The number of anilines is 2. The standard InChI is InChI=1S/C28H26F4N4O5/c29-20-15-17(35-11-13-36(14-12-35)26(38)18-7-4-8-19(18)27(39)40)9-10-21(20)33-24(37)22-23(28(30,31)32)41-25(34-22)16-5-2-1-3-6-16/h1-3,5-6,9-10,15,18-19H,4,7-8,11-14H2,(H,33,37)(H,39,40)/t18-,19-/m0/s1. The van der Waals surface area contributed by atoms with Gasteiger partial charge in [-0.3, -0.25) is 14.4 Å². The van der Waals surface area contributed by atoms with Crippen LogP contribution in [0.1, 0.15) is 35.5 Å². The second kappa shape index (κ2) is 11.2. The smallest absolute Gasteiger partial charge is 0.452 e. The van der Waals surface area contributed by atoms with Gasteiger partial charge in [-0.15, -0.1) is 0 Å². The van der Waals surface area contributed by atoms with Crippen molar-refractivity contribution in [3.63, 3.8) is 0 Å². The first-order chi connectivity index (χ1) is 19.5. The molecule has 5 rings (SSSR count). The summed E-state index contributed by atoms with van der Waals surface area (Å²) in [4.78, 5) is 44.3. The zero-order valence-electron chi connectivity index (χ0n) is 21.7. The van der Waals surface area contributed by atoms with Crippen molar-refractivity contribution in [2.45, 2.75) is 25.4 Å². The lowest BCUT2D eigenvalue weighted by Gasteiger charge is -2.37. The summed E-state index contributed by atoms with van der Waals surface area (Å²) in [6, 6.07) is 11.7. The number of hydrogen-bond donors (Lipinski definition) is 2. The second-order valence-electron chi connectivity index (χ2n) is 9.97. The summed E-state index contributed by atoms with van der Waals surface area (Å²) in [5.41, 5.74) is -0.668. The van der Waals surface area contributed by atoms with Crippen LogP contribution in [-0.4, -0.2) is 59.0 Å². The number of carboxylic acids is 1. The third-order valence-corrected chi connectivity index (χ3v) is 7.43. The van der Waals surface area contributed by atoms with Crippen molar-refractivity contribution in [3.05, 3.63) is 65.8 Å². The van der Waals surface area contributed by atoms with Crippen LogP contribution >= 0.6 is 0 Å². The summed E-state index contributed by atoms with van der Waals surface area (Å²) in [5.74, 6) is -6.50. The summed E-state index contributed by atoms with van der Waals surface area (Å²) < 4.78 is 60.6. The van der Waals surface area contributed by atoms with Gasteiger partial charge in [0, 0.05) is 37.4 Å². The average Bonchev–Trinajstić information content (AvgIpc) is 3.63. The molecule has 2 aliphatic rings. The number of alkyl halides is 3. The van der Waals surface area contributed by atoms with E-state index in [4.69, 9.17) is 4.42 Å². The number of oxazole rings is 1. The number of amides is 2. The molecule has 41 heavy (non-hydrogen) atoms. The molecule has 9 nitrogen and oxygen atoms in total. The Bertz CT molecular complexity index is 1450. The van der Waals surface area contributed by atoms with Gasteiger partial charge in [-0.1, -0.05) is 24.6 Å². The van der Waals surface area contributed by atoms with Crippen LogP contribution in [0.25, 0.3) is 11.5 Å². The summed E-state index contributed by atoms with van der Waals surface area (Å²) >= 11 is 0. The number of rotatable bonds is 6. The number of halogens is 4. The normalized spacial score (nSPS) is 19.3. The number of carboxylic acid groups (broad SMARTS) is 1. The Morgan fingerprint density at radius 3 is 2.29 bits per heavy atom. The number of hydrogen-bond acceptors (Lipinski definition) is 6. The number of aromatic nitrogens is 1. The molecule has 2 amide bonds. The van der Waals surface area contributed by atoms with Gasteiger partial charge in [0.15, 0.2) is 5.69 Å². The van der Waals surface area contributed by atoms with E-state index in [-0.39, 0.29) is 17.2 Å². The summed E-state index contributed by atoms with van der Waals surface area (Å²) in [6.07, 6.45) is -3.29. The van der Waals surface area contributed by atoms with Crippen molar-refractivity contribution in [1.29, 1.82) is 0 Å². The lowest BCUT2D eigenvalue weighted by molar-refractivity contribution is -0.153. The van der Waals surface area contributed by atoms with E-state index in [2.05, 4.69) is 10.3 Å². The van der Waals surface area contributed by atoms with Crippen LogP contribution < -0.4 is 10.2 Å². The van der Waals surface area contributed by atoms with Crippen LogP contribution in [0.5, 0.6) is 0 Å². The van der Waals surface area contributed by atoms with E-state index in [9.17, 15) is 37.1 Å². The van der Waals surface area contributed by atoms with Gasteiger partial charge in [-0.05, 0) is 43.2 Å². The molecule has 2 aromatic carbocycles. The Labute approximate surface area is 231 Å². The minimum Gasteiger partial charge on any atom is -0.481 e. The van der Waals surface area contributed by atoms with Crippen LogP contribution in [0, 0.1) is 17.7 Å². The highest BCUT2D eigenvalue weighted by molar-refractivity contribution is 6.04. The van der Waals surface area contributed by atoms with Crippen LogP contribution in [-0.2, 0) is 15.8 Å². The lowest BCUT2D eigenvalue weighted by atomic mass is 9.94. The maximum Gasteiger partial charge on any atom is 0.452 e. The SMILES string of the molecule is O=C(Nc1ccc(N2CCN(C(=O)[C@H]3CCC[C@@H]3C(=O)O)CC2)cc1F)c1nc(-c2ccccc2)oc1C(F)(F)F. The molecule has 3 aromatic rings. The highest BCUT2D eigenvalue weighted by atomic mass is 19.4. The molecule has 1 saturated carbocycles. The van der Waals surface area contributed by atoms with Crippen molar-refractivity contribution < 1.29 is 41.5 Å². The minimum atomic E-state index is -5.01. The third kappa shape index (κ3) is 5.88. The van der Waals surface area contributed by atoms with Crippen molar-refractivity contribution in [3.8, 4) is 11.5 Å². The number of aliphatic carboxylic acids is 1. The van der Waals surface area contributed by atoms with Crippen molar-refractivity contribution in [2.75, 3.05) is 36.4 Å². The van der Waals surface area contributed by atoms with E-state index >= 15 is 0 Å². The van der Waals surface area contributed by atoms with Gasteiger partial charge >= 0.3 is 12.1 Å². The average molecular weight is 575 g/mol. The second-order valence-corrected chi connectivity index (χ2v) is 9.97. The van der Waals surface area contributed by atoms with Gasteiger partial charge in [0.25, 0.3) is 5.91 Å². The molecule has 0 unspecified atom stereocenters. The molecule has 0 bridgehead atoms. The first-order valence-corrected chi connectivity index (χ1v) is 13.0. The lowest BCUT2D eigenvalue weighted by Crippen LogP contribution is -2.51. The van der Waals surface area contributed by atoms with E-state index < -0.39 is 53.1 Å². The molecular formula is C28H26F4N4O5. The highest BCUT2D eigenvalue weighted by Crippen LogP contribution is 2.36. The van der Waals surface area contributed by atoms with Gasteiger partial charge in [0.05, 0.1) is 17.5 Å². The fourth-order valence-electron chi connectivity index (χ4n) is 5.32. The van der Waals surface area contributed by atoms with E-state index in [1.165, 1.54) is 24.3 Å². The first kappa shape index (κ1) is 28.1. The Balaban J connectivity index is 1.25. The summed E-state index contributed by atoms with van der Waals surface area (Å²) in [5, 5.41) is 11.5. The maximum absolute atomic E-state index is 15.0. The molecule has 0 radical (unpaired) electrons. The Hall–Kier alpha value is -4.42. The van der Waals surface area contributed by atoms with E-state index in [1.807, 2.05) is 4.90 Å². The fourth-order valence-corrected chi connectivity index (χ4v) is 5.32. The predicted octanol–water partition coefficient (Wildman–Crippen LogP) is 4.90. The van der Waals surface area contributed by atoms with Crippen molar-refractivity contribution in [1.82, 2.24) is 9.88 Å². The van der Waals surface area contributed by atoms with Crippen LogP contribution in [0.3, 0.4) is 0 Å². The van der Waals surface area contributed by atoms with Crippen LogP contribution in [0.2, 0.25) is 0 Å². The molecule has 2 heterocycles. The quantitative estimate of drug-likeness (QED) is 0.403. The molecule has 13 heteroatoms. The molecule has 2 fully saturated rings. The zero-order chi connectivity index (χ0) is 29.3. The number of nitrogens with zero attached hydrogens (tertiary/aromatic N) is 3. The van der Waals surface area contributed by atoms with Crippen molar-refractivity contribution >= 4 is 29.2 Å². The van der Waals surface area contributed by atoms with Crippen LogP contribution in [0.4, 0.5) is 28.9 Å². The molecule has 0 spiro atoms. The largest absolute Gasteiger partial charge is 0.481 e. The van der Waals surface area contributed by atoms with Gasteiger partial charge < -0.3 is 24.6 Å². The van der Waals surface area contributed by atoms with Crippen LogP contribution in [0.15, 0.2) is 52.9 Å². The van der Waals surface area contributed by atoms with E-state index in [0.29, 0.717) is 51.1 Å². The predicted molar refractivity (Wildman–Crippen MR) is 139 cm³/mol. The van der Waals surface area contributed by atoms with Crippen molar-refractivity contribution in [2.24, 2.45) is 11.8 Å². The zero-order valence-corrected chi connectivity index (χ0v) is 21.7. The number of piperazine rings is 1. The Morgan fingerprint density at radius 2 is 1.66 bits per heavy atom. The summed E-state index contributed by atoms with van der Waals surface area (Å²) in [7, 11) is 0. The molecule has 2 N–H and O–H groups in total. The minimum absolute atomic E-state index is 0.180. The van der Waals surface area contributed by atoms with Gasteiger partial charge in [-0.2, -0.15) is 13.2 Å².